The lowest BCUT2D eigenvalue weighted by Gasteiger charge is -2.25. The van der Waals surface area contributed by atoms with Gasteiger partial charge in [0.25, 0.3) is 0 Å². The predicted molar refractivity (Wildman–Crippen MR) is 106 cm³/mol. The molecule has 1 aliphatic rings. The second-order valence-electron chi connectivity index (χ2n) is 6.95. The Kier molecular flexibility index (Phi) is 6.58. The molecule has 1 unspecified atom stereocenters. The van der Waals surface area contributed by atoms with Crippen LogP contribution in [0.1, 0.15) is 42.9 Å². The highest BCUT2D eigenvalue weighted by Crippen LogP contribution is 2.35. The standard InChI is InChI=1S/C22H28N2O3/c1-26-19-13-12-16(14-20(19)27-2)15-23-22(25)24-21(18-10-6-7-11-18)17-8-4-3-5-9-17/h3-5,8-9,12-14,18,21H,6-7,10-11,15H2,1-2H3,(H2,23,24,25). The minimum atomic E-state index is -0.148. The van der Waals surface area contributed by atoms with Crippen LogP contribution < -0.4 is 20.1 Å². The van der Waals surface area contributed by atoms with Gasteiger partial charge in [-0.15, -0.1) is 0 Å². The van der Waals surface area contributed by atoms with Gasteiger partial charge in [-0.25, -0.2) is 4.79 Å². The molecule has 2 N–H and O–H groups in total. The summed E-state index contributed by atoms with van der Waals surface area (Å²) in [5.41, 5.74) is 2.13. The van der Waals surface area contributed by atoms with E-state index in [-0.39, 0.29) is 12.1 Å². The number of amides is 2. The molecule has 1 fully saturated rings. The molecule has 144 valence electrons. The number of urea groups is 1. The first-order chi connectivity index (χ1) is 13.2. The second kappa shape index (κ2) is 9.31. The first kappa shape index (κ1) is 19.1. The quantitative estimate of drug-likeness (QED) is 0.760. The van der Waals surface area contributed by atoms with E-state index in [0.29, 0.717) is 24.0 Å². The number of hydrogen-bond acceptors (Lipinski definition) is 3. The van der Waals surface area contributed by atoms with E-state index in [2.05, 4.69) is 22.8 Å². The number of rotatable bonds is 7. The summed E-state index contributed by atoms with van der Waals surface area (Å²) in [6.45, 7) is 0.429. The Balaban J connectivity index is 1.62. The molecule has 2 aromatic carbocycles. The molecule has 1 aliphatic carbocycles. The number of carbonyl (C=O) groups excluding carboxylic acids is 1. The van der Waals surface area contributed by atoms with Crippen LogP contribution in [-0.2, 0) is 6.54 Å². The number of ether oxygens (including phenoxy) is 2. The number of hydrogen-bond donors (Lipinski definition) is 2. The zero-order valence-corrected chi connectivity index (χ0v) is 16.0. The van der Waals surface area contributed by atoms with Gasteiger partial charge in [0.1, 0.15) is 0 Å². The van der Waals surface area contributed by atoms with Crippen molar-refractivity contribution in [2.45, 2.75) is 38.3 Å². The van der Waals surface area contributed by atoms with E-state index in [0.717, 1.165) is 18.4 Å². The van der Waals surface area contributed by atoms with Crippen LogP contribution in [0.15, 0.2) is 48.5 Å². The van der Waals surface area contributed by atoms with Crippen LogP contribution in [0.5, 0.6) is 11.5 Å². The zero-order chi connectivity index (χ0) is 19.1. The van der Waals surface area contributed by atoms with Crippen molar-refractivity contribution in [3.63, 3.8) is 0 Å². The smallest absolute Gasteiger partial charge is 0.315 e. The summed E-state index contributed by atoms with van der Waals surface area (Å²) in [5, 5.41) is 6.16. The van der Waals surface area contributed by atoms with Crippen LogP contribution >= 0.6 is 0 Å². The Morgan fingerprint density at radius 2 is 1.74 bits per heavy atom. The summed E-state index contributed by atoms with van der Waals surface area (Å²) in [4.78, 5) is 12.6. The Bertz CT molecular complexity index is 742. The fraction of sp³-hybridized carbons (Fsp3) is 0.409. The van der Waals surface area contributed by atoms with E-state index in [1.807, 2.05) is 36.4 Å². The van der Waals surface area contributed by atoms with E-state index < -0.39 is 0 Å². The van der Waals surface area contributed by atoms with Gasteiger partial charge in [0.2, 0.25) is 0 Å². The van der Waals surface area contributed by atoms with Crippen LogP contribution in [0.25, 0.3) is 0 Å². The van der Waals surface area contributed by atoms with Crippen LogP contribution in [0.2, 0.25) is 0 Å². The van der Waals surface area contributed by atoms with E-state index in [9.17, 15) is 4.79 Å². The fourth-order valence-corrected chi connectivity index (χ4v) is 3.79. The first-order valence-electron chi connectivity index (χ1n) is 9.51. The topological polar surface area (TPSA) is 59.6 Å². The van der Waals surface area contributed by atoms with Crippen molar-refractivity contribution in [1.29, 1.82) is 0 Å². The summed E-state index contributed by atoms with van der Waals surface area (Å²) in [7, 11) is 3.21. The Hall–Kier alpha value is -2.69. The van der Waals surface area contributed by atoms with Crippen molar-refractivity contribution in [2.24, 2.45) is 5.92 Å². The molecular formula is C22H28N2O3. The third-order valence-corrected chi connectivity index (χ3v) is 5.22. The molecule has 1 atom stereocenters. The highest BCUT2D eigenvalue weighted by atomic mass is 16.5. The first-order valence-corrected chi connectivity index (χ1v) is 9.51. The maximum Gasteiger partial charge on any atom is 0.315 e. The van der Waals surface area contributed by atoms with E-state index in [4.69, 9.17) is 9.47 Å². The lowest BCUT2D eigenvalue weighted by atomic mass is 9.92. The number of benzene rings is 2. The summed E-state index contributed by atoms with van der Waals surface area (Å²) in [5.74, 6) is 1.83. The molecule has 0 bridgehead atoms. The summed E-state index contributed by atoms with van der Waals surface area (Å²) >= 11 is 0. The lowest BCUT2D eigenvalue weighted by Crippen LogP contribution is -2.40. The van der Waals surface area contributed by atoms with Crippen LogP contribution in [0, 0.1) is 5.92 Å². The monoisotopic (exact) mass is 368 g/mol. The van der Waals surface area contributed by atoms with E-state index in [1.54, 1.807) is 14.2 Å². The third-order valence-electron chi connectivity index (χ3n) is 5.22. The summed E-state index contributed by atoms with van der Waals surface area (Å²) in [6.07, 6.45) is 4.80. The molecule has 0 saturated heterocycles. The molecule has 0 aliphatic heterocycles. The van der Waals surface area contributed by atoms with Crippen molar-refractivity contribution in [3.05, 3.63) is 59.7 Å². The summed E-state index contributed by atoms with van der Waals surface area (Å²) < 4.78 is 10.6. The molecule has 0 spiro atoms. The second-order valence-corrected chi connectivity index (χ2v) is 6.95. The predicted octanol–water partition coefficient (Wildman–Crippen LogP) is 4.43. The Morgan fingerprint density at radius 1 is 1.04 bits per heavy atom. The molecule has 27 heavy (non-hydrogen) atoms. The molecule has 0 heterocycles. The van der Waals surface area contributed by atoms with Crippen molar-refractivity contribution in [1.82, 2.24) is 10.6 Å². The minimum Gasteiger partial charge on any atom is -0.493 e. The number of nitrogens with one attached hydrogen (secondary N) is 2. The van der Waals surface area contributed by atoms with Crippen molar-refractivity contribution >= 4 is 6.03 Å². The van der Waals surface area contributed by atoms with Crippen molar-refractivity contribution in [2.75, 3.05) is 14.2 Å². The minimum absolute atomic E-state index is 0.0547. The molecule has 5 nitrogen and oxygen atoms in total. The highest BCUT2D eigenvalue weighted by molar-refractivity contribution is 5.74. The van der Waals surface area contributed by atoms with Gasteiger partial charge in [-0.05, 0) is 42.0 Å². The van der Waals surface area contributed by atoms with E-state index in [1.165, 1.54) is 18.4 Å². The Morgan fingerprint density at radius 3 is 2.41 bits per heavy atom. The molecule has 0 aromatic heterocycles. The average Bonchev–Trinajstić information content (AvgIpc) is 3.25. The van der Waals surface area contributed by atoms with Crippen LogP contribution in [0.4, 0.5) is 4.79 Å². The van der Waals surface area contributed by atoms with Gasteiger partial charge >= 0.3 is 6.03 Å². The average molecular weight is 368 g/mol. The van der Waals surface area contributed by atoms with Crippen molar-refractivity contribution < 1.29 is 14.3 Å². The van der Waals surface area contributed by atoms with Crippen LogP contribution in [0.3, 0.4) is 0 Å². The molecule has 3 rings (SSSR count). The van der Waals surface area contributed by atoms with Gasteiger partial charge in [-0.2, -0.15) is 0 Å². The molecular weight excluding hydrogens is 340 g/mol. The SMILES string of the molecule is COc1ccc(CNC(=O)NC(c2ccccc2)C2CCCC2)cc1OC. The van der Waals surface area contributed by atoms with Gasteiger partial charge < -0.3 is 20.1 Å². The van der Waals surface area contributed by atoms with Crippen molar-refractivity contribution in [3.8, 4) is 11.5 Å². The van der Waals surface area contributed by atoms with Gasteiger partial charge in [0.05, 0.1) is 20.3 Å². The third kappa shape index (κ3) is 4.94. The molecule has 1 saturated carbocycles. The fourth-order valence-electron chi connectivity index (χ4n) is 3.79. The zero-order valence-electron chi connectivity index (χ0n) is 16.0. The van der Waals surface area contributed by atoms with Gasteiger partial charge in [0.15, 0.2) is 11.5 Å². The van der Waals surface area contributed by atoms with Gasteiger partial charge in [0, 0.05) is 6.54 Å². The number of methoxy groups -OCH3 is 2. The number of carbonyl (C=O) groups is 1. The Labute approximate surface area is 161 Å². The van der Waals surface area contributed by atoms with E-state index >= 15 is 0 Å². The molecule has 2 aromatic rings. The largest absolute Gasteiger partial charge is 0.493 e. The highest BCUT2D eigenvalue weighted by Gasteiger charge is 2.27. The van der Waals surface area contributed by atoms with Gasteiger partial charge in [-0.1, -0.05) is 49.2 Å². The molecule has 5 heteroatoms. The normalized spacial score (nSPS) is 15.2. The summed E-state index contributed by atoms with van der Waals surface area (Å²) in [6, 6.07) is 15.8. The lowest BCUT2D eigenvalue weighted by molar-refractivity contribution is 0.230. The maximum absolute atomic E-state index is 12.6. The maximum atomic E-state index is 12.6. The molecule has 2 amide bonds. The molecule has 0 radical (unpaired) electrons. The van der Waals surface area contributed by atoms with Crippen LogP contribution in [-0.4, -0.2) is 20.3 Å². The van der Waals surface area contributed by atoms with Gasteiger partial charge in [-0.3, -0.25) is 0 Å².